The van der Waals surface area contributed by atoms with Gasteiger partial charge in [-0.2, -0.15) is 0 Å². The number of nitrogens with zero attached hydrogens (tertiary/aromatic N) is 2. The van der Waals surface area contributed by atoms with Crippen molar-refractivity contribution in [1.82, 2.24) is 15.3 Å². The molecule has 0 radical (unpaired) electrons. The van der Waals surface area contributed by atoms with Crippen LogP contribution >= 0.6 is 35.0 Å². The average molecular weight is 406 g/mol. The zero-order valence-electron chi connectivity index (χ0n) is 14.3. The van der Waals surface area contributed by atoms with Crippen LogP contribution in [0.3, 0.4) is 0 Å². The number of aromatic nitrogens is 2. The number of hydrogen-bond donors (Lipinski definition) is 1. The van der Waals surface area contributed by atoms with Gasteiger partial charge in [-0.3, -0.25) is 4.79 Å². The highest BCUT2D eigenvalue weighted by molar-refractivity contribution is 8.00. The smallest absolute Gasteiger partial charge is 0.230 e. The quantitative estimate of drug-likeness (QED) is 0.467. The molecular formula is C19H17Cl2N3OS. The highest BCUT2D eigenvalue weighted by Gasteiger charge is 2.14. The summed E-state index contributed by atoms with van der Waals surface area (Å²) in [6, 6.07) is 12.8. The minimum absolute atomic E-state index is 0.0890. The number of nitrogens with one attached hydrogen (secondary N) is 1. The fourth-order valence-corrected chi connectivity index (χ4v) is 4.06. The third kappa shape index (κ3) is 4.47. The number of halogens is 2. The van der Waals surface area contributed by atoms with Gasteiger partial charge in [-0.25, -0.2) is 9.97 Å². The van der Waals surface area contributed by atoms with E-state index in [1.807, 2.05) is 44.2 Å². The highest BCUT2D eigenvalue weighted by Crippen LogP contribution is 2.27. The minimum Gasteiger partial charge on any atom is -0.349 e. The molecule has 7 heteroatoms. The first-order valence-corrected chi connectivity index (χ1v) is 9.78. The number of rotatable bonds is 5. The molecule has 1 aromatic heterocycles. The second-order valence-corrected chi connectivity index (χ2v) is 7.64. The summed E-state index contributed by atoms with van der Waals surface area (Å²) in [5.41, 5.74) is 1.71. The SMILES string of the molecule is Cc1nc(SCC(=O)N[C@H](C)c2ccc(Cl)cc2Cl)c2ccccc2n1. The van der Waals surface area contributed by atoms with Crippen LogP contribution < -0.4 is 5.32 Å². The third-order valence-corrected chi connectivity index (χ3v) is 5.38. The first kappa shape index (κ1) is 19.0. The summed E-state index contributed by atoms with van der Waals surface area (Å²) in [7, 11) is 0. The maximum absolute atomic E-state index is 12.4. The summed E-state index contributed by atoms with van der Waals surface area (Å²) in [4.78, 5) is 21.2. The fourth-order valence-electron chi connectivity index (χ4n) is 2.62. The van der Waals surface area contributed by atoms with Crippen molar-refractivity contribution in [2.75, 3.05) is 5.75 Å². The van der Waals surface area contributed by atoms with Gasteiger partial charge in [0.15, 0.2) is 0 Å². The van der Waals surface area contributed by atoms with Gasteiger partial charge in [-0.15, -0.1) is 0 Å². The van der Waals surface area contributed by atoms with E-state index in [2.05, 4.69) is 15.3 Å². The second kappa shape index (κ2) is 8.25. The number of hydrogen-bond acceptors (Lipinski definition) is 4. The maximum atomic E-state index is 12.4. The van der Waals surface area contributed by atoms with Crippen molar-refractivity contribution in [2.24, 2.45) is 0 Å². The van der Waals surface area contributed by atoms with E-state index in [-0.39, 0.29) is 17.7 Å². The van der Waals surface area contributed by atoms with Crippen molar-refractivity contribution in [1.29, 1.82) is 0 Å². The van der Waals surface area contributed by atoms with Crippen LogP contribution in [0, 0.1) is 6.92 Å². The molecule has 0 aliphatic heterocycles. The van der Waals surface area contributed by atoms with Gasteiger partial charge in [0, 0.05) is 15.4 Å². The van der Waals surface area contributed by atoms with Crippen LogP contribution in [0.25, 0.3) is 10.9 Å². The van der Waals surface area contributed by atoms with Crippen molar-refractivity contribution in [3.05, 3.63) is 63.9 Å². The highest BCUT2D eigenvalue weighted by atomic mass is 35.5. The van der Waals surface area contributed by atoms with Crippen LogP contribution in [-0.2, 0) is 4.79 Å². The first-order valence-electron chi connectivity index (χ1n) is 8.04. The van der Waals surface area contributed by atoms with E-state index in [4.69, 9.17) is 23.2 Å². The first-order chi connectivity index (χ1) is 12.4. The molecule has 1 heterocycles. The zero-order valence-corrected chi connectivity index (χ0v) is 16.6. The summed E-state index contributed by atoms with van der Waals surface area (Å²) >= 11 is 13.5. The molecule has 1 N–H and O–H groups in total. The number of amides is 1. The predicted molar refractivity (Wildman–Crippen MR) is 108 cm³/mol. The number of fused-ring (bicyclic) bond motifs is 1. The van der Waals surface area contributed by atoms with Crippen LogP contribution in [0.5, 0.6) is 0 Å². The van der Waals surface area contributed by atoms with Crippen LogP contribution in [0.15, 0.2) is 47.5 Å². The number of benzene rings is 2. The van der Waals surface area contributed by atoms with E-state index in [1.165, 1.54) is 11.8 Å². The molecule has 1 amide bonds. The molecule has 3 rings (SSSR count). The van der Waals surface area contributed by atoms with Crippen LogP contribution in [-0.4, -0.2) is 21.6 Å². The molecule has 4 nitrogen and oxygen atoms in total. The van der Waals surface area contributed by atoms with Crippen molar-refractivity contribution in [2.45, 2.75) is 24.9 Å². The molecule has 0 aliphatic rings. The van der Waals surface area contributed by atoms with Gasteiger partial charge in [0.05, 0.1) is 17.3 Å². The lowest BCUT2D eigenvalue weighted by molar-refractivity contribution is -0.119. The molecule has 2 aromatic carbocycles. The van der Waals surface area contributed by atoms with Gasteiger partial charge < -0.3 is 5.32 Å². The molecule has 1 atom stereocenters. The summed E-state index contributed by atoms with van der Waals surface area (Å²) in [6.07, 6.45) is 0. The van der Waals surface area contributed by atoms with Gasteiger partial charge in [-0.1, -0.05) is 59.2 Å². The molecular weight excluding hydrogens is 389 g/mol. The van der Waals surface area contributed by atoms with E-state index in [1.54, 1.807) is 12.1 Å². The van der Waals surface area contributed by atoms with E-state index in [0.717, 1.165) is 21.5 Å². The topological polar surface area (TPSA) is 54.9 Å². The van der Waals surface area contributed by atoms with Gasteiger partial charge in [0.25, 0.3) is 0 Å². The molecule has 0 saturated heterocycles. The lowest BCUT2D eigenvalue weighted by Crippen LogP contribution is -2.28. The van der Waals surface area contributed by atoms with Crippen molar-refractivity contribution in [3.8, 4) is 0 Å². The molecule has 3 aromatic rings. The number of para-hydroxylation sites is 1. The van der Waals surface area contributed by atoms with E-state index in [9.17, 15) is 4.79 Å². The Balaban J connectivity index is 1.68. The van der Waals surface area contributed by atoms with Crippen LogP contribution in [0.2, 0.25) is 10.0 Å². The van der Waals surface area contributed by atoms with Crippen molar-refractivity contribution < 1.29 is 4.79 Å². The average Bonchev–Trinajstić information content (AvgIpc) is 2.59. The molecule has 0 saturated carbocycles. The molecule has 134 valence electrons. The van der Waals surface area contributed by atoms with Crippen LogP contribution in [0.4, 0.5) is 0 Å². The molecule has 26 heavy (non-hydrogen) atoms. The fraction of sp³-hybridized carbons (Fsp3) is 0.211. The Bertz CT molecular complexity index is 965. The zero-order chi connectivity index (χ0) is 18.7. The number of thioether (sulfide) groups is 1. The predicted octanol–water partition coefficient (Wildman–Crippen LogP) is 5.21. The van der Waals surface area contributed by atoms with E-state index < -0.39 is 0 Å². The summed E-state index contributed by atoms with van der Waals surface area (Å²) in [5, 5.41) is 5.82. The van der Waals surface area contributed by atoms with Gasteiger partial charge >= 0.3 is 0 Å². The lowest BCUT2D eigenvalue weighted by Gasteiger charge is -2.16. The Labute approximate surface area is 166 Å². The van der Waals surface area contributed by atoms with Gasteiger partial charge in [-0.05, 0) is 37.6 Å². The van der Waals surface area contributed by atoms with Crippen molar-refractivity contribution >= 4 is 51.8 Å². The second-order valence-electron chi connectivity index (χ2n) is 5.84. The Hall–Kier alpha value is -1.82. The molecule has 0 bridgehead atoms. The lowest BCUT2D eigenvalue weighted by atomic mass is 10.1. The molecule has 0 spiro atoms. The largest absolute Gasteiger partial charge is 0.349 e. The van der Waals surface area contributed by atoms with Gasteiger partial charge in [0.1, 0.15) is 10.9 Å². The summed E-state index contributed by atoms with van der Waals surface area (Å²) in [6.45, 7) is 3.74. The van der Waals surface area contributed by atoms with Crippen LogP contribution in [0.1, 0.15) is 24.4 Å². The monoisotopic (exact) mass is 405 g/mol. The number of carbonyl (C=O) groups is 1. The Morgan fingerprint density at radius 3 is 2.73 bits per heavy atom. The Kier molecular flexibility index (Phi) is 6.01. The normalized spacial score (nSPS) is 12.2. The molecule has 0 aliphatic carbocycles. The third-order valence-electron chi connectivity index (χ3n) is 3.83. The maximum Gasteiger partial charge on any atom is 0.230 e. The van der Waals surface area contributed by atoms with Crippen molar-refractivity contribution in [3.63, 3.8) is 0 Å². The molecule has 0 fully saturated rings. The Morgan fingerprint density at radius 1 is 1.19 bits per heavy atom. The standard InChI is InChI=1S/C19H17Cl2N3OS/c1-11(14-8-7-13(20)9-16(14)21)22-18(25)10-26-19-15-5-3-4-6-17(15)23-12(2)24-19/h3-9,11H,10H2,1-2H3,(H,22,25)/t11-/m1/s1. The number of carbonyl (C=O) groups excluding carboxylic acids is 1. The summed E-state index contributed by atoms with van der Waals surface area (Å²) < 4.78 is 0. The van der Waals surface area contributed by atoms with Gasteiger partial charge in [0.2, 0.25) is 5.91 Å². The summed E-state index contributed by atoms with van der Waals surface area (Å²) in [5.74, 6) is 0.859. The minimum atomic E-state index is -0.211. The molecule has 0 unspecified atom stereocenters. The van der Waals surface area contributed by atoms with E-state index in [0.29, 0.717) is 15.9 Å². The number of aryl methyl sites for hydroxylation is 1. The Morgan fingerprint density at radius 2 is 1.96 bits per heavy atom. The van der Waals surface area contributed by atoms with E-state index >= 15 is 0 Å².